The molecule has 2 heteroatoms. The van der Waals surface area contributed by atoms with Crippen molar-refractivity contribution in [1.29, 1.82) is 0 Å². The molecule has 0 radical (unpaired) electrons. The van der Waals surface area contributed by atoms with Crippen LogP contribution in [0.4, 0.5) is 0 Å². The van der Waals surface area contributed by atoms with Crippen molar-refractivity contribution in [3.63, 3.8) is 0 Å². The molecule has 0 heterocycles. The predicted molar refractivity (Wildman–Crippen MR) is 79.1 cm³/mol. The first-order valence-electron chi connectivity index (χ1n) is 7.29. The van der Waals surface area contributed by atoms with Crippen LogP contribution in [-0.2, 0) is 16.0 Å². The minimum atomic E-state index is -0.113. The number of rotatable bonds is 8. The van der Waals surface area contributed by atoms with Crippen molar-refractivity contribution >= 4 is 5.97 Å². The van der Waals surface area contributed by atoms with Gasteiger partial charge in [-0.2, -0.15) is 0 Å². The zero-order valence-electron chi connectivity index (χ0n) is 12.4. The van der Waals surface area contributed by atoms with Gasteiger partial charge in [-0.3, -0.25) is 4.79 Å². The summed E-state index contributed by atoms with van der Waals surface area (Å²) in [5.74, 6) is 0.654. The number of carbonyl (C=O) groups excluding carboxylic acids is 1. The highest BCUT2D eigenvalue weighted by Gasteiger charge is 2.06. The lowest BCUT2D eigenvalue weighted by atomic mass is 10.1. The van der Waals surface area contributed by atoms with Crippen LogP contribution in [0.25, 0.3) is 0 Å². The molecule has 0 fully saturated rings. The molecule has 0 saturated heterocycles. The first-order valence-corrected chi connectivity index (χ1v) is 7.29. The van der Waals surface area contributed by atoms with Gasteiger partial charge in [-0.05, 0) is 30.4 Å². The van der Waals surface area contributed by atoms with Gasteiger partial charge in [0.05, 0.1) is 13.0 Å². The number of ether oxygens (including phenoxy) is 1. The van der Waals surface area contributed by atoms with E-state index >= 15 is 0 Å². The topological polar surface area (TPSA) is 26.3 Å². The molecule has 0 atom stereocenters. The van der Waals surface area contributed by atoms with Crippen LogP contribution in [0.15, 0.2) is 24.3 Å². The van der Waals surface area contributed by atoms with E-state index in [0.717, 1.165) is 29.9 Å². The smallest absolute Gasteiger partial charge is 0.310 e. The van der Waals surface area contributed by atoms with Crippen molar-refractivity contribution in [3.8, 4) is 0 Å². The van der Waals surface area contributed by atoms with Gasteiger partial charge in [0, 0.05) is 0 Å². The van der Waals surface area contributed by atoms with Gasteiger partial charge in [-0.1, -0.05) is 57.4 Å². The summed E-state index contributed by atoms with van der Waals surface area (Å²) in [5, 5.41) is 0. The third-order valence-corrected chi connectivity index (χ3v) is 3.28. The lowest BCUT2D eigenvalue weighted by Gasteiger charge is -2.07. The van der Waals surface area contributed by atoms with Gasteiger partial charge in [-0.15, -0.1) is 0 Å². The predicted octanol–water partition coefficient (Wildman–Crippen LogP) is 4.30. The number of aryl methyl sites for hydroxylation is 1. The summed E-state index contributed by atoms with van der Waals surface area (Å²) in [5.41, 5.74) is 2.21. The van der Waals surface area contributed by atoms with Gasteiger partial charge >= 0.3 is 5.97 Å². The largest absolute Gasteiger partial charge is 0.465 e. The van der Waals surface area contributed by atoms with Gasteiger partial charge in [0.15, 0.2) is 0 Å². The maximum Gasteiger partial charge on any atom is 0.310 e. The number of benzene rings is 1. The molecule has 0 N–H and O–H groups in total. The SMILES string of the molecule is Cc1ccccc1CC(=O)OCCCCCC(C)C. The summed E-state index contributed by atoms with van der Waals surface area (Å²) in [6.45, 7) is 7.06. The second kappa shape index (κ2) is 8.73. The van der Waals surface area contributed by atoms with E-state index < -0.39 is 0 Å². The second-order valence-corrected chi connectivity index (χ2v) is 5.57. The Balaban J connectivity index is 2.13. The Hall–Kier alpha value is -1.31. The first-order chi connectivity index (χ1) is 9.09. The lowest BCUT2D eigenvalue weighted by molar-refractivity contribution is -0.142. The summed E-state index contributed by atoms with van der Waals surface area (Å²) in [7, 11) is 0. The minimum absolute atomic E-state index is 0.113. The van der Waals surface area contributed by atoms with Crippen molar-refractivity contribution in [2.75, 3.05) is 6.61 Å². The van der Waals surface area contributed by atoms with Crippen LogP contribution >= 0.6 is 0 Å². The molecule has 106 valence electrons. The number of hydrogen-bond acceptors (Lipinski definition) is 2. The standard InChI is InChI=1S/C17H26O2/c1-14(2)9-5-4-8-12-19-17(18)13-16-11-7-6-10-15(16)3/h6-7,10-11,14H,4-5,8-9,12-13H2,1-3H3. The zero-order chi connectivity index (χ0) is 14.1. The molecule has 0 aliphatic rings. The number of carbonyl (C=O) groups is 1. The van der Waals surface area contributed by atoms with E-state index in [-0.39, 0.29) is 5.97 Å². The molecule has 0 bridgehead atoms. The van der Waals surface area contributed by atoms with Gasteiger partial charge in [0.25, 0.3) is 0 Å². The van der Waals surface area contributed by atoms with Crippen molar-refractivity contribution < 1.29 is 9.53 Å². The molecule has 0 unspecified atom stereocenters. The Morgan fingerprint density at radius 3 is 2.58 bits per heavy atom. The van der Waals surface area contributed by atoms with E-state index in [0.29, 0.717) is 13.0 Å². The molecule has 0 saturated carbocycles. The fourth-order valence-corrected chi connectivity index (χ4v) is 2.03. The highest BCUT2D eigenvalue weighted by Crippen LogP contribution is 2.10. The molecule has 0 spiro atoms. The fraction of sp³-hybridized carbons (Fsp3) is 0.588. The number of hydrogen-bond donors (Lipinski definition) is 0. The quantitative estimate of drug-likeness (QED) is 0.516. The number of esters is 1. The van der Waals surface area contributed by atoms with Crippen LogP contribution in [0.1, 0.15) is 50.7 Å². The molecule has 0 aliphatic heterocycles. The molecule has 1 aromatic carbocycles. The Bertz CT molecular complexity index is 383. The van der Waals surface area contributed by atoms with Crippen molar-refractivity contribution in [2.24, 2.45) is 5.92 Å². The van der Waals surface area contributed by atoms with Crippen molar-refractivity contribution in [1.82, 2.24) is 0 Å². The molecule has 0 aromatic heterocycles. The monoisotopic (exact) mass is 262 g/mol. The minimum Gasteiger partial charge on any atom is -0.465 e. The zero-order valence-corrected chi connectivity index (χ0v) is 12.4. The van der Waals surface area contributed by atoms with Crippen LogP contribution < -0.4 is 0 Å². The fourth-order valence-electron chi connectivity index (χ4n) is 2.03. The Morgan fingerprint density at radius 2 is 1.89 bits per heavy atom. The van der Waals surface area contributed by atoms with E-state index in [1.54, 1.807) is 0 Å². The summed E-state index contributed by atoms with van der Waals surface area (Å²) in [6.07, 6.45) is 5.00. The highest BCUT2D eigenvalue weighted by atomic mass is 16.5. The third-order valence-electron chi connectivity index (χ3n) is 3.28. The molecular weight excluding hydrogens is 236 g/mol. The van der Waals surface area contributed by atoms with E-state index in [9.17, 15) is 4.79 Å². The summed E-state index contributed by atoms with van der Waals surface area (Å²) < 4.78 is 5.27. The Labute approximate surface area is 117 Å². The van der Waals surface area contributed by atoms with Crippen LogP contribution in [-0.4, -0.2) is 12.6 Å². The van der Waals surface area contributed by atoms with Gasteiger partial charge in [-0.25, -0.2) is 0 Å². The maximum atomic E-state index is 11.7. The first kappa shape index (κ1) is 15.7. The molecular formula is C17H26O2. The van der Waals surface area contributed by atoms with Crippen LogP contribution in [0, 0.1) is 12.8 Å². The van der Waals surface area contributed by atoms with E-state index in [1.807, 2.05) is 31.2 Å². The van der Waals surface area contributed by atoms with E-state index in [4.69, 9.17) is 4.74 Å². The van der Waals surface area contributed by atoms with Gasteiger partial charge < -0.3 is 4.74 Å². The summed E-state index contributed by atoms with van der Waals surface area (Å²) >= 11 is 0. The average molecular weight is 262 g/mol. The molecule has 1 rings (SSSR count). The van der Waals surface area contributed by atoms with Gasteiger partial charge in [0.1, 0.15) is 0 Å². The van der Waals surface area contributed by atoms with E-state index in [2.05, 4.69) is 13.8 Å². The van der Waals surface area contributed by atoms with E-state index in [1.165, 1.54) is 12.8 Å². The molecule has 0 aliphatic carbocycles. The molecule has 0 amide bonds. The van der Waals surface area contributed by atoms with Crippen LogP contribution in [0.5, 0.6) is 0 Å². The Morgan fingerprint density at radius 1 is 1.16 bits per heavy atom. The maximum absolute atomic E-state index is 11.7. The van der Waals surface area contributed by atoms with Crippen molar-refractivity contribution in [3.05, 3.63) is 35.4 Å². The van der Waals surface area contributed by atoms with Crippen LogP contribution in [0.2, 0.25) is 0 Å². The molecule has 2 nitrogen and oxygen atoms in total. The highest BCUT2D eigenvalue weighted by molar-refractivity contribution is 5.73. The second-order valence-electron chi connectivity index (χ2n) is 5.57. The lowest BCUT2D eigenvalue weighted by Crippen LogP contribution is -2.10. The van der Waals surface area contributed by atoms with Crippen molar-refractivity contribution in [2.45, 2.75) is 52.9 Å². The number of unbranched alkanes of at least 4 members (excludes halogenated alkanes) is 2. The third kappa shape index (κ3) is 7.00. The summed E-state index contributed by atoms with van der Waals surface area (Å²) in [4.78, 5) is 11.7. The van der Waals surface area contributed by atoms with Gasteiger partial charge in [0.2, 0.25) is 0 Å². The summed E-state index contributed by atoms with van der Waals surface area (Å²) in [6, 6.07) is 7.95. The Kier molecular flexibility index (Phi) is 7.24. The molecule has 1 aromatic rings. The van der Waals surface area contributed by atoms with Crippen LogP contribution in [0.3, 0.4) is 0 Å². The average Bonchev–Trinajstić information content (AvgIpc) is 2.36. The normalized spacial score (nSPS) is 10.7. The molecule has 19 heavy (non-hydrogen) atoms.